The van der Waals surface area contributed by atoms with Crippen molar-refractivity contribution in [1.82, 2.24) is 4.98 Å². The molecule has 0 radical (unpaired) electrons. The molecule has 0 amide bonds. The van der Waals surface area contributed by atoms with Crippen LogP contribution in [0.15, 0.2) is 18.2 Å². The lowest BCUT2D eigenvalue weighted by Gasteiger charge is -1.93. The molecule has 2 aromatic rings. The van der Waals surface area contributed by atoms with E-state index < -0.39 is 0 Å². The Labute approximate surface area is 80.2 Å². The van der Waals surface area contributed by atoms with Gasteiger partial charge in [0.15, 0.2) is 11.3 Å². The average molecular weight is 191 g/mol. The van der Waals surface area contributed by atoms with Gasteiger partial charge in [-0.2, -0.15) is 0 Å². The molecular weight excluding hydrogens is 182 g/mol. The molecule has 3 heteroatoms. The molecule has 0 N–H and O–H groups in total. The Kier molecular flexibility index (Phi) is 2.10. The highest BCUT2D eigenvalue weighted by atomic mass is 32.1. The zero-order valence-electron chi connectivity index (χ0n) is 7.28. The number of nitrogens with zero attached hydrogens (tertiary/aromatic N) is 1. The lowest BCUT2D eigenvalue weighted by atomic mass is 10.2. The largest absolute Gasteiger partial charge is 0.295 e. The van der Waals surface area contributed by atoms with Crippen molar-refractivity contribution in [3.8, 4) is 0 Å². The van der Waals surface area contributed by atoms with Gasteiger partial charge in [0, 0.05) is 0 Å². The maximum Gasteiger partial charge on any atom is 0.178 e. The predicted octanol–water partition coefficient (Wildman–Crippen LogP) is 2.67. The highest BCUT2D eigenvalue weighted by molar-refractivity contribution is 7.20. The number of aryl methyl sites for hydroxylation is 1. The van der Waals surface area contributed by atoms with Gasteiger partial charge in [-0.1, -0.05) is 13.0 Å². The standard InChI is InChI=1S/C10H9NOS/c1-2-7-3-4-8-9(5-7)13-10(6-12)11-8/h3-6H,2H2,1H3. The zero-order chi connectivity index (χ0) is 9.26. The monoisotopic (exact) mass is 191 g/mol. The summed E-state index contributed by atoms with van der Waals surface area (Å²) in [6.45, 7) is 2.11. The van der Waals surface area contributed by atoms with Gasteiger partial charge >= 0.3 is 0 Å². The average Bonchev–Trinajstić information content (AvgIpc) is 2.58. The summed E-state index contributed by atoms with van der Waals surface area (Å²) in [6, 6.07) is 6.12. The SMILES string of the molecule is CCc1ccc2nc(C=O)sc2c1. The van der Waals surface area contributed by atoms with Crippen LogP contribution in [0.4, 0.5) is 0 Å². The van der Waals surface area contributed by atoms with Gasteiger partial charge in [0.25, 0.3) is 0 Å². The first kappa shape index (κ1) is 8.38. The highest BCUT2D eigenvalue weighted by Gasteiger charge is 2.02. The van der Waals surface area contributed by atoms with Crippen molar-refractivity contribution >= 4 is 27.8 Å². The van der Waals surface area contributed by atoms with Gasteiger partial charge in [-0.3, -0.25) is 4.79 Å². The van der Waals surface area contributed by atoms with Crippen LogP contribution in [0.3, 0.4) is 0 Å². The molecule has 2 nitrogen and oxygen atoms in total. The third kappa shape index (κ3) is 1.47. The van der Waals surface area contributed by atoms with Crippen LogP contribution >= 0.6 is 11.3 Å². The fourth-order valence-corrected chi connectivity index (χ4v) is 2.10. The van der Waals surface area contributed by atoms with Gasteiger partial charge in [0.2, 0.25) is 0 Å². The first-order valence-electron chi connectivity index (χ1n) is 4.18. The molecule has 1 heterocycles. The number of hydrogen-bond donors (Lipinski definition) is 0. The van der Waals surface area contributed by atoms with E-state index in [4.69, 9.17) is 0 Å². The summed E-state index contributed by atoms with van der Waals surface area (Å²) in [6.07, 6.45) is 1.82. The Morgan fingerprint density at radius 3 is 3.08 bits per heavy atom. The minimum Gasteiger partial charge on any atom is -0.295 e. The van der Waals surface area contributed by atoms with E-state index in [0.29, 0.717) is 5.01 Å². The molecule has 0 saturated carbocycles. The van der Waals surface area contributed by atoms with Crippen molar-refractivity contribution in [1.29, 1.82) is 0 Å². The van der Waals surface area contributed by atoms with Crippen molar-refractivity contribution in [2.75, 3.05) is 0 Å². The van der Waals surface area contributed by atoms with Crippen LogP contribution in [0.5, 0.6) is 0 Å². The Hall–Kier alpha value is -1.22. The molecule has 0 atom stereocenters. The number of aromatic nitrogens is 1. The van der Waals surface area contributed by atoms with Crippen molar-refractivity contribution < 1.29 is 4.79 Å². The third-order valence-corrected chi connectivity index (χ3v) is 2.92. The molecule has 0 aliphatic rings. The lowest BCUT2D eigenvalue weighted by Crippen LogP contribution is -1.77. The van der Waals surface area contributed by atoms with Gasteiger partial charge in [0.05, 0.1) is 10.2 Å². The molecule has 1 aromatic carbocycles. The van der Waals surface area contributed by atoms with E-state index in [0.717, 1.165) is 22.9 Å². The maximum absolute atomic E-state index is 10.5. The first-order valence-corrected chi connectivity index (χ1v) is 5.00. The van der Waals surface area contributed by atoms with Gasteiger partial charge < -0.3 is 0 Å². The van der Waals surface area contributed by atoms with Gasteiger partial charge in [-0.25, -0.2) is 4.98 Å². The van der Waals surface area contributed by atoms with E-state index in [1.807, 2.05) is 6.07 Å². The molecule has 0 saturated heterocycles. The van der Waals surface area contributed by atoms with E-state index in [9.17, 15) is 4.79 Å². The molecule has 0 spiro atoms. The summed E-state index contributed by atoms with van der Waals surface area (Å²) >= 11 is 1.45. The summed E-state index contributed by atoms with van der Waals surface area (Å²) in [5, 5.41) is 0.559. The Morgan fingerprint density at radius 1 is 1.54 bits per heavy atom. The second-order valence-corrected chi connectivity index (χ2v) is 3.89. The van der Waals surface area contributed by atoms with Gasteiger partial charge in [-0.05, 0) is 24.1 Å². The van der Waals surface area contributed by atoms with Crippen molar-refractivity contribution in [3.05, 3.63) is 28.8 Å². The van der Waals surface area contributed by atoms with E-state index >= 15 is 0 Å². The molecule has 0 bridgehead atoms. The molecule has 0 fully saturated rings. The van der Waals surface area contributed by atoms with Crippen LogP contribution < -0.4 is 0 Å². The summed E-state index contributed by atoms with van der Waals surface area (Å²) in [4.78, 5) is 14.6. The Morgan fingerprint density at radius 2 is 2.38 bits per heavy atom. The minimum absolute atomic E-state index is 0.559. The molecule has 13 heavy (non-hydrogen) atoms. The molecule has 0 aliphatic carbocycles. The van der Waals surface area contributed by atoms with Crippen LogP contribution in [-0.2, 0) is 6.42 Å². The summed E-state index contributed by atoms with van der Waals surface area (Å²) in [7, 11) is 0. The molecule has 66 valence electrons. The van der Waals surface area contributed by atoms with E-state index in [1.54, 1.807) is 0 Å². The molecule has 0 aliphatic heterocycles. The maximum atomic E-state index is 10.5. The fourth-order valence-electron chi connectivity index (χ4n) is 1.26. The summed E-state index contributed by atoms with van der Waals surface area (Å²) in [5.41, 5.74) is 2.21. The normalized spacial score (nSPS) is 10.5. The van der Waals surface area contributed by atoms with Gasteiger partial charge in [0.1, 0.15) is 0 Å². The number of hydrogen-bond acceptors (Lipinski definition) is 3. The van der Waals surface area contributed by atoms with Crippen LogP contribution in [0.2, 0.25) is 0 Å². The first-order chi connectivity index (χ1) is 6.33. The predicted molar refractivity (Wildman–Crippen MR) is 54.4 cm³/mol. The number of benzene rings is 1. The second kappa shape index (κ2) is 3.26. The number of fused-ring (bicyclic) bond motifs is 1. The summed E-state index contributed by atoms with van der Waals surface area (Å²) in [5.74, 6) is 0. The Bertz CT molecular complexity index is 447. The fraction of sp³-hybridized carbons (Fsp3) is 0.200. The topological polar surface area (TPSA) is 30.0 Å². The van der Waals surface area contributed by atoms with Gasteiger partial charge in [-0.15, -0.1) is 11.3 Å². The number of carbonyl (C=O) groups is 1. The Balaban J connectivity index is 2.63. The minimum atomic E-state index is 0.559. The van der Waals surface area contributed by atoms with Crippen molar-refractivity contribution in [2.45, 2.75) is 13.3 Å². The summed E-state index contributed by atoms with van der Waals surface area (Å²) < 4.78 is 1.10. The molecular formula is C10H9NOS. The zero-order valence-corrected chi connectivity index (χ0v) is 8.10. The van der Waals surface area contributed by atoms with E-state index in [2.05, 4.69) is 24.0 Å². The number of carbonyl (C=O) groups excluding carboxylic acids is 1. The van der Waals surface area contributed by atoms with Crippen molar-refractivity contribution in [2.24, 2.45) is 0 Å². The van der Waals surface area contributed by atoms with E-state index in [-0.39, 0.29) is 0 Å². The van der Waals surface area contributed by atoms with Crippen LogP contribution in [-0.4, -0.2) is 11.3 Å². The molecule has 2 rings (SSSR count). The van der Waals surface area contributed by atoms with Crippen molar-refractivity contribution in [3.63, 3.8) is 0 Å². The smallest absolute Gasteiger partial charge is 0.178 e. The van der Waals surface area contributed by atoms with E-state index in [1.165, 1.54) is 16.9 Å². The number of rotatable bonds is 2. The number of thiazole rings is 1. The number of aldehydes is 1. The highest BCUT2D eigenvalue weighted by Crippen LogP contribution is 2.22. The van der Waals surface area contributed by atoms with Crippen LogP contribution in [0.1, 0.15) is 22.3 Å². The van der Waals surface area contributed by atoms with Crippen LogP contribution in [0.25, 0.3) is 10.2 Å². The molecule has 1 aromatic heterocycles. The molecule has 0 unspecified atom stereocenters. The lowest BCUT2D eigenvalue weighted by molar-refractivity contribution is 0.112. The second-order valence-electron chi connectivity index (χ2n) is 2.83. The quantitative estimate of drug-likeness (QED) is 0.683. The van der Waals surface area contributed by atoms with Crippen LogP contribution in [0, 0.1) is 0 Å². The third-order valence-electron chi connectivity index (χ3n) is 1.98.